The summed E-state index contributed by atoms with van der Waals surface area (Å²) in [4.78, 5) is 4.67. The van der Waals surface area contributed by atoms with E-state index in [0.29, 0.717) is 6.54 Å². The van der Waals surface area contributed by atoms with Crippen LogP contribution in [0.1, 0.15) is 11.1 Å². The fourth-order valence-electron chi connectivity index (χ4n) is 2.22. The second-order valence-corrected chi connectivity index (χ2v) is 5.20. The number of anilines is 1. The number of pyridine rings is 1. The van der Waals surface area contributed by atoms with Crippen LogP contribution in [0, 0.1) is 6.92 Å². The number of hydrogen-bond donors (Lipinski definition) is 1. The topological polar surface area (TPSA) is 24.9 Å². The lowest BCUT2D eigenvalue weighted by atomic mass is 10.1. The molecule has 2 aromatic carbocycles. The quantitative estimate of drug-likeness (QED) is 0.746. The van der Waals surface area contributed by atoms with Gasteiger partial charge in [0.15, 0.2) is 0 Å². The van der Waals surface area contributed by atoms with E-state index in [1.54, 1.807) is 0 Å². The first-order valence-corrected chi connectivity index (χ1v) is 6.95. The van der Waals surface area contributed by atoms with Crippen molar-refractivity contribution in [2.75, 3.05) is 5.32 Å². The number of nitrogens with zero attached hydrogens (tertiary/aromatic N) is 1. The van der Waals surface area contributed by atoms with E-state index < -0.39 is 0 Å². The second kappa shape index (κ2) is 5.51. The molecule has 0 fully saturated rings. The van der Waals surface area contributed by atoms with Gasteiger partial charge in [0.2, 0.25) is 0 Å². The molecule has 0 saturated carbocycles. The Labute approximate surface area is 123 Å². The molecule has 1 N–H and O–H groups in total. The van der Waals surface area contributed by atoms with Crippen molar-refractivity contribution in [3.05, 3.63) is 70.7 Å². The predicted molar refractivity (Wildman–Crippen MR) is 85.3 cm³/mol. The Morgan fingerprint density at radius 3 is 2.65 bits per heavy atom. The molecule has 3 heteroatoms. The molecule has 0 bridgehead atoms. The number of aromatic nitrogens is 1. The van der Waals surface area contributed by atoms with Crippen molar-refractivity contribution < 1.29 is 0 Å². The van der Waals surface area contributed by atoms with Crippen LogP contribution in [0.4, 0.5) is 5.82 Å². The number of fused-ring (bicyclic) bond motifs is 1. The fourth-order valence-corrected chi connectivity index (χ4v) is 2.42. The summed E-state index contributed by atoms with van der Waals surface area (Å²) in [5, 5.41) is 5.30. The highest BCUT2D eigenvalue weighted by atomic mass is 35.5. The third-order valence-electron chi connectivity index (χ3n) is 3.32. The fraction of sp³-hybridized carbons (Fsp3) is 0.118. The monoisotopic (exact) mass is 282 g/mol. The SMILES string of the molecule is Cc1cc2ccccc2nc1NCc1ccccc1Cl. The van der Waals surface area contributed by atoms with Gasteiger partial charge in [-0.05, 0) is 36.2 Å². The molecule has 0 radical (unpaired) electrons. The number of nitrogens with one attached hydrogen (secondary N) is 1. The average Bonchev–Trinajstić information content (AvgIpc) is 2.46. The van der Waals surface area contributed by atoms with E-state index in [0.717, 1.165) is 32.9 Å². The first-order chi connectivity index (χ1) is 9.74. The molecule has 100 valence electrons. The van der Waals surface area contributed by atoms with Crippen LogP contribution in [0.15, 0.2) is 54.6 Å². The smallest absolute Gasteiger partial charge is 0.129 e. The third-order valence-corrected chi connectivity index (χ3v) is 3.69. The Morgan fingerprint density at radius 1 is 1.05 bits per heavy atom. The minimum Gasteiger partial charge on any atom is -0.366 e. The molecule has 0 unspecified atom stereocenters. The summed E-state index contributed by atoms with van der Waals surface area (Å²) >= 11 is 6.16. The molecule has 3 rings (SSSR count). The van der Waals surface area contributed by atoms with Crippen molar-refractivity contribution in [3.63, 3.8) is 0 Å². The molecule has 20 heavy (non-hydrogen) atoms. The number of hydrogen-bond acceptors (Lipinski definition) is 2. The molecular formula is C17H15ClN2. The van der Waals surface area contributed by atoms with E-state index in [4.69, 9.17) is 11.6 Å². The van der Waals surface area contributed by atoms with Crippen LogP contribution in [0.5, 0.6) is 0 Å². The summed E-state index contributed by atoms with van der Waals surface area (Å²) in [5.41, 5.74) is 3.21. The minimum absolute atomic E-state index is 0.672. The van der Waals surface area contributed by atoms with E-state index in [-0.39, 0.29) is 0 Å². The standard InChI is InChI=1S/C17H15ClN2/c1-12-10-13-6-3-5-9-16(13)20-17(12)19-11-14-7-2-4-8-15(14)18/h2-10H,11H2,1H3,(H,19,20). The van der Waals surface area contributed by atoms with Gasteiger partial charge in [0, 0.05) is 17.0 Å². The zero-order valence-corrected chi connectivity index (χ0v) is 12.0. The van der Waals surface area contributed by atoms with Crippen LogP contribution in [0.2, 0.25) is 5.02 Å². The van der Waals surface area contributed by atoms with Crippen molar-refractivity contribution in [2.24, 2.45) is 0 Å². The molecule has 1 heterocycles. The van der Waals surface area contributed by atoms with Crippen LogP contribution in [-0.2, 0) is 6.54 Å². The van der Waals surface area contributed by atoms with Crippen molar-refractivity contribution in [2.45, 2.75) is 13.5 Å². The lowest BCUT2D eigenvalue weighted by Crippen LogP contribution is -2.03. The largest absolute Gasteiger partial charge is 0.366 e. The highest BCUT2D eigenvalue weighted by Gasteiger charge is 2.04. The molecule has 0 amide bonds. The summed E-state index contributed by atoms with van der Waals surface area (Å²) in [6.07, 6.45) is 0. The summed E-state index contributed by atoms with van der Waals surface area (Å²) in [7, 11) is 0. The number of rotatable bonds is 3. The van der Waals surface area contributed by atoms with Gasteiger partial charge in [-0.1, -0.05) is 48.0 Å². The normalized spacial score (nSPS) is 10.7. The molecule has 2 nitrogen and oxygen atoms in total. The van der Waals surface area contributed by atoms with Crippen molar-refractivity contribution in [1.82, 2.24) is 4.98 Å². The maximum absolute atomic E-state index is 6.16. The van der Waals surface area contributed by atoms with E-state index in [9.17, 15) is 0 Å². The Kier molecular flexibility index (Phi) is 3.57. The lowest BCUT2D eigenvalue weighted by molar-refractivity contribution is 1.11. The first kappa shape index (κ1) is 12.9. The Hall–Kier alpha value is -2.06. The molecule has 0 saturated heterocycles. The maximum atomic E-state index is 6.16. The molecule has 0 aliphatic carbocycles. The van der Waals surface area contributed by atoms with E-state index in [1.807, 2.05) is 42.5 Å². The molecular weight excluding hydrogens is 268 g/mol. The molecule has 0 aliphatic rings. The number of benzene rings is 2. The third kappa shape index (κ3) is 2.61. The molecule has 0 spiro atoms. The zero-order chi connectivity index (χ0) is 13.9. The minimum atomic E-state index is 0.672. The average molecular weight is 283 g/mol. The zero-order valence-electron chi connectivity index (χ0n) is 11.2. The maximum Gasteiger partial charge on any atom is 0.129 e. The number of aryl methyl sites for hydroxylation is 1. The Bertz CT molecular complexity index is 753. The van der Waals surface area contributed by atoms with Gasteiger partial charge < -0.3 is 5.32 Å². The summed E-state index contributed by atoms with van der Waals surface area (Å²) in [5.74, 6) is 0.906. The predicted octanol–water partition coefficient (Wildman–Crippen LogP) is 4.81. The molecule has 0 aliphatic heterocycles. The van der Waals surface area contributed by atoms with Crippen LogP contribution in [0.25, 0.3) is 10.9 Å². The van der Waals surface area contributed by atoms with Crippen molar-refractivity contribution in [1.29, 1.82) is 0 Å². The number of halogens is 1. The lowest BCUT2D eigenvalue weighted by Gasteiger charge is -2.11. The van der Waals surface area contributed by atoms with E-state index >= 15 is 0 Å². The molecule has 1 aromatic heterocycles. The molecule has 0 atom stereocenters. The first-order valence-electron chi connectivity index (χ1n) is 6.58. The Morgan fingerprint density at radius 2 is 1.80 bits per heavy atom. The van der Waals surface area contributed by atoms with Crippen LogP contribution >= 0.6 is 11.6 Å². The molecule has 3 aromatic rings. The van der Waals surface area contributed by atoms with E-state index in [1.165, 1.54) is 0 Å². The summed E-state index contributed by atoms with van der Waals surface area (Å²) < 4.78 is 0. The second-order valence-electron chi connectivity index (χ2n) is 4.79. The van der Waals surface area contributed by atoms with E-state index in [2.05, 4.69) is 29.4 Å². The van der Waals surface area contributed by atoms with Crippen molar-refractivity contribution >= 4 is 28.3 Å². The van der Waals surface area contributed by atoms with Crippen LogP contribution < -0.4 is 5.32 Å². The van der Waals surface area contributed by atoms with Gasteiger partial charge in [0.25, 0.3) is 0 Å². The summed E-state index contributed by atoms with van der Waals surface area (Å²) in [6, 6.07) is 18.1. The Balaban J connectivity index is 1.87. The van der Waals surface area contributed by atoms with Gasteiger partial charge in [0.05, 0.1) is 5.52 Å². The highest BCUT2D eigenvalue weighted by Crippen LogP contribution is 2.21. The van der Waals surface area contributed by atoms with Gasteiger partial charge in [-0.25, -0.2) is 4.98 Å². The van der Waals surface area contributed by atoms with Crippen LogP contribution in [0.3, 0.4) is 0 Å². The van der Waals surface area contributed by atoms with Gasteiger partial charge in [-0.3, -0.25) is 0 Å². The highest BCUT2D eigenvalue weighted by molar-refractivity contribution is 6.31. The number of para-hydroxylation sites is 1. The van der Waals surface area contributed by atoms with Gasteiger partial charge >= 0.3 is 0 Å². The summed E-state index contributed by atoms with van der Waals surface area (Å²) in [6.45, 7) is 2.74. The van der Waals surface area contributed by atoms with Crippen molar-refractivity contribution in [3.8, 4) is 0 Å². The van der Waals surface area contributed by atoms with Gasteiger partial charge in [-0.2, -0.15) is 0 Å². The van der Waals surface area contributed by atoms with Crippen LogP contribution in [-0.4, -0.2) is 4.98 Å². The van der Waals surface area contributed by atoms with Gasteiger partial charge in [-0.15, -0.1) is 0 Å². The van der Waals surface area contributed by atoms with Gasteiger partial charge in [0.1, 0.15) is 5.82 Å².